The first-order chi connectivity index (χ1) is 14.0. The number of esters is 1. The van der Waals surface area contributed by atoms with Crippen LogP contribution in [-0.4, -0.2) is 22.9 Å². The summed E-state index contributed by atoms with van der Waals surface area (Å²) in [7, 11) is 0. The second-order valence-electron chi connectivity index (χ2n) is 6.28. The third-order valence-corrected chi connectivity index (χ3v) is 4.54. The lowest BCUT2D eigenvalue weighted by Gasteiger charge is -2.16. The number of fused-ring (bicyclic) bond motifs is 1. The third kappa shape index (κ3) is 3.90. The Bertz CT molecular complexity index is 1190. The normalized spacial score (nSPS) is 13.7. The molecule has 0 bridgehead atoms. The van der Waals surface area contributed by atoms with Gasteiger partial charge in [-0.2, -0.15) is 0 Å². The molecule has 0 aromatic heterocycles. The number of carbonyl (C=O) groups is 3. The van der Waals surface area contributed by atoms with Crippen molar-refractivity contribution in [1.29, 1.82) is 0 Å². The topological polar surface area (TPSA) is 84.5 Å². The number of amides is 2. The Morgan fingerprint density at radius 2 is 1.59 bits per heavy atom. The van der Waals surface area contributed by atoms with Gasteiger partial charge >= 0.3 is 5.97 Å². The third-order valence-electron chi connectivity index (χ3n) is 4.33. The molecule has 6 nitrogen and oxygen atoms in total. The van der Waals surface area contributed by atoms with Gasteiger partial charge in [0.25, 0.3) is 11.8 Å². The van der Waals surface area contributed by atoms with Gasteiger partial charge < -0.3 is 4.74 Å². The van der Waals surface area contributed by atoms with Crippen LogP contribution in [0.25, 0.3) is 16.8 Å². The monoisotopic (exact) mass is 402 g/mol. The lowest BCUT2D eigenvalue weighted by atomic mass is 10.0. The summed E-state index contributed by atoms with van der Waals surface area (Å²) in [5.41, 5.74) is 0.892. The minimum Gasteiger partial charge on any atom is -0.423 e. The molecule has 142 valence electrons. The van der Waals surface area contributed by atoms with E-state index in [1.807, 2.05) is 30.3 Å². The van der Waals surface area contributed by atoms with Gasteiger partial charge in [0.2, 0.25) is 0 Å². The molecule has 0 saturated carbocycles. The van der Waals surface area contributed by atoms with Crippen molar-refractivity contribution in [3.05, 3.63) is 83.4 Å². The summed E-state index contributed by atoms with van der Waals surface area (Å²) >= 11 is 4.78. The van der Waals surface area contributed by atoms with Crippen LogP contribution >= 0.6 is 12.2 Å². The van der Waals surface area contributed by atoms with Gasteiger partial charge in [-0.15, -0.1) is 0 Å². The first kappa shape index (κ1) is 18.5. The molecule has 1 heterocycles. The molecule has 1 aliphatic rings. The van der Waals surface area contributed by atoms with E-state index in [4.69, 9.17) is 17.0 Å². The van der Waals surface area contributed by atoms with Gasteiger partial charge in [0.15, 0.2) is 5.11 Å². The summed E-state index contributed by atoms with van der Waals surface area (Å²) in [5.74, 6) is -1.37. The molecule has 29 heavy (non-hydrogen) atoms. The Kier molecular flexibility index (Phi) is 4.88. The Balaban J connectivity index is 1.60. The average Bonchev–Trinajstić information content (AvgIpc) is 2.70. The zero-order valence-electron chi connectivity index (χ0n) is 15.0. The molecule has 3 aromatic carbocycles. The van der Waals surface area contributed by atoms with E-state index >= 15 is 0 Å². The van der Waals surface area contributed by atoms with Crippen LogP contribution in [0.5, 0.6) is 5.75 Å². The molecule has 4 rings (SSSR count). The summed E-state index contributed by atoms with van der Waals surface area (Å²) in [6.45, 7) is 0. The first-order valence-electron chi connectivity index (χ1n) is 8.69. The van der Waals surface area contributed by atoms with E-state index in [1.54, 1.807) is 36.4 Å². The molecule has 0 unspecified atom stereocenters. The number of ether oxygens (including phenoxy) is 1. The molecule has 2 amide bonds. The van der Waals surface area contributed by atoms with Crippen molar-refractivity contribution >= 4 is 52.0 Å². The van der Waals surface area contributed by atoms with Crippen LogP contribution in [0.4, 0.5) is 0 Å². The van der Waals surface area contributed by atoms with E-state index < -0.39 is 17.8 Å². The fraction of sp³-hybridized carbons (Fsp3) is 0. The summed E-state index contributed by atoms with van der Waals surface area (Å²) < 4.78 is 5.52. The first-order valence-corrected chi connectivity index (χ1v) is 9.10. The number of hydrogen-bond acceptors (Lipinski definition) is 5. The Morgan fingerprint density at radius 3 is 2.38 bits per heavy atom. The number of benzene rings is 3. The van der Waals surface area contributed by atoms with Crippen molar-refractivity contribution < 1.29 is 19.1 Å². The fourth-order valence-corrected chi connectivity index (χ4v) is 3.19. The van der Waals surface area contributed by atoms with E-state index in [9.17, 15) is 14.4 Å². The van der Waals surface area contributed by atoms with E-state index in [-0.39, 0.29) is 10.7 Å². The highest BCUT2D eigenvalue weighted by molar-refractivity contribution is 7.80. The maximum absolute atomic E-state index is 12.7. The van der Waals surface area contributed by atoms with Crippen molar-refractivity contribution in [3.8, 4) is 5.75 Å². The smallest absolute Gasteiger partial charge is 0.344 e. The predicted octanol–water partition coefficient (Wildman–Crippen LogP) is 2.97. The van der Waals surface area contributed by atoms with Gasteiger partial charge in [-0.05, 0) is 52.8 Å². The van der Waals surface area contributed by atoms with Crippen LogP contribution in [0.15, 0.2) is 72.3 Å². The van der Waals surface area contributed by atoms with Crippen LogP contribution in [0, 0.1) is 0 Å². The molecule has 7 heteroatoms. The molecular formula is C22H14N2O4S. The molecule has 0 spiro atoms. The standard InChI is InChI=1S/C22H14N2O4S/c25-19-18(20(26)24-22(29)23-19)12-13-5-3-8-15(11-13)28-21(27)17-10-4-7-14-6-1-2-9-16(14)17/h1-12H,(H2,23,24,25,26,29). The van der Waals surface area contributed by atoms with Gasteiger partial charge in [-0.3, -0.25) is 20.2 Å². The minimum atomic E-state index is -0.586. The highest BCUT2D eigenvalue weighted by atomic mass is 32.1. The van der Waals surface area contributed by atoms with Crippen LogP contribution < -0.4 is 15.4 Å². The summed E-state index contributed by atoms with van der Waals surface area (Å²) in [4.78, 5) is 36.6. The average molecular weight is 402 g/mol. The molecule has 1 fully saturated rings. The quantitative estimate of drug-likeness (QED) is 0.231. The van der Waals surface area contributed by atoms with Crippen LogP contribution in [-0.2, 0) is 9.59 Å². The van der Waals surface area contributed by atoms with Crippen LogP contribution in [0.1, 0.15) is 15.9 Å². The second-order valence-corrected chi connectivity index (χ2v) is 6.69. The Morgan fingerprint density at radius 1 is 0.897 bits per heavy atom. The lowest BCUT2D eigenvalue weighted by Crippen LogP contribution is -2.51. The van der Waals surface area contributed by atoms with Crippen molar-refractivity contribution in [2.24, 2.45) is 0 Å². The summed E-state index contributed by atoms with van der Waals surface area (Å²) in [6.07, 6.45) is 1.40. The molecule has 2 N–H and O–H groups in total. The van der Waals surface area contributed by atoms with Crippen LogP contribution in [0.2, 0.25) is 0 Å². The van der Waals surface area contributed by atoms with Crippen molar-refractivity contribution in [1.82, 2.24) is 10.6 Å². The number of thiocarbonyl (C=S) groups is 1. The SMILES string of the molecule is O=C1NC(=S)NC(=O)C1=Cc1cccc(OC(=O)c2cccc3ccccc23)c1. The fourth-order valence-electron chi connectivity index (χ4n) is 3.01. The molecular weight excluding hydrogens is 388 g/mol. The predicted molar refractivity (Wildman–Crippen MR) is 112 cm³/mol. The van der Waals surface area contributed by atoms with E-state index in [0.29, 0.717) is 16.9 Å². The summed E-state index contributed by atoms with van der Waals surface area (Å²) in [6, 6.07) is 19.5. The Hall–Kier alpha value is -3.84. The number of hydrogen-bond donors (Lipinski definition) is 2. The van der Waals surface area contributed by atoms with Crippen molar-refractivity contribution in [3.63, 3.8) is 0 Å². The molecule has 0 radical (unpaired) electrons. The molecule has 3 aromatic rings. The van der Waals surface area contributed by atoms with Gasteiger partial charge in [-0.25, -0.2) is 4.79 Å². The van der Waals surface area contributed by atoms with Crippen molar-refractivity contribution in [2.75, 3.05) is 0 Å². The zero-order chi connectivity index (χ0) is 20.4. The van der Waals surface area contributed by atoms with Crippen LogP contribution in [0.3, 0.4) is 0 Å². The highest BCUT2D eigenvalue weighted by Crippen LogP contribution is 2.22. The Labute approximate surface area is 171 Å². The van der Waals surface area contributed by atoms with E-state index in [0.717, 1.165) is 10.8 Å². The van der Waals surface area contributed by atoms with Gasteiger partial charge in [0.05, 0.1) is 5.56 Å². The highest BCUT2D eigenvalue weighted by Gasteiger charge is 2.25. The lowest BCUT2D eigenvalue weighted by molar-refractivity contribution is -0.123. The molecule has 0 atom stereocenters. The van der Waals surface area contributed by atoms with Gasteiger partial charge in [0, 0.05) is 0 Å². The largest absolute Gasteiger partial charge is 0.423 e. The number of nitrogens with one attached hydrogen (secondary N) is 2. The van der Waals surface area contributed by atoms with Gasteiger partial charge in [0.1, 0.15) is 11.3 Å². The molecule has 1 saturated heterocycles. The van der Waals surface area contributed by atoms with E-state index in [2.05, 4.69) is 10.6 Å². The van der Waals surface area contributed by atoms with E-state index in [1.165, 1.54) is 6.08 Å². The maximum atomic E-state index is 12.7. The zero-order valence-corrected chi connectivity index (χ0v) is 15.8. The molecule has 1 aliphatic heterocycles. The van der Waals surface area contributed by atoms with Crippen molar-refractivity contribution in [2.45, 2.75) is 0 Å². The van der Waals surface area contributed by atoms with Gasteiger partial charge in [-0.1, -0.05) is 48.5 Å². The maximum Gasteiger partial charge on any atom is 0.344 e. The minimum absolute atomic E-state index is 0.0325. The number of rotatable bonds is 3. The molecule has 0 aliphatic carbocycles. The number of carbonyl (C=O) groups excluding carboxylic acids is 3. The second kappa shape index (κ2) is 7.65. The summed E-state index contributed by atoms with van der Waals surface area (Å²) in [5, 5.41) is 6.45.